The molecule has 4 N–H and O–H groups in total. The highest BCUT2D eigenvalue weighted by atomic mass is 16.4. The van der Waals surface area contributed by atoms with Crippen molar-refractivity contribution in [2.45, 2.75) is 20.8 Å². The molecule has 0 aliphatic carbocycles. The third-order valence-corrected chi connectivity index (χ3v) is 5.56. The van der Waals surface area contributed by atoms with Crippen molar-refractivity contribution in [1.29, 1.82) is 0 Å². The first kappa shape index (κ1) is 22.5. The number of benzene rings is 3. The number of hydrazone groups is 2. The summed E-state index contributed by atoms with van der Waals surface area (Å²) in [5, 5.41) is 39.7. The third-order valence-electron chi connectivity index (χ3n) is 5.56. The zero-order valence-corrected chi connectivity index (χ0v) is 18.7. The Morgan fingerprint density at radius 1 is 1.00 bits per heavy atom. The number of carbonyl (C=O) groups excluding carboxylic acids is 1. The molecule has 1 aliphatic rings. The van der Waals surface area contributed by atoms with Crippen molar-refractivity contribution < 1.29 is 24.9 Å². The molecule has 0 unspecified atom stereocenters. The van der Waals surface area contributed by atoms with Gasteiger partial charge in [-0.3, -0.25) is 10.2 Å². The molecule has 1 aliphatic heterocycles. The van der Waals surface area contributed by atoms with Crippen LogP contribution < -0.4 is 10.4 Å². The summed E-state index contributed by atoms with van der Waals surface area (Å²) in [5.74, 6) is -2.52. The van der Waals surface area contributed by atoms with Gasteiger partial charge in [-0.2, -0.15) is 15.2 Å². The van der Waals surface area contributed by atoms with E-state index in [9.17, 15) is 24.9 Å². The number of aromatic hydroxyl groups is 2. The molecular weight excluding hydrogens is 436 g/mol. The van der Waals surface area contributed by atoms with Crippen molar-refractivity contribution in [2.75, 3.05) is 10.4 Å². The maximum Gasteiger partial charge on any atom is 0.339 e. The first-order chi connectivity index (χ1) is 16.2. The Morgan fingerprint density at radius 2 is 1.76 bits per heavy atom. The number of aromatic carboxylic acids is 1. The molecule has 0 saturated carbocycles. The highest BCUT2D eigenvalue weighted by Crippen LogP contribution is 2.40. The Bertz CT molecular complexity index is 1390. The number of nitrogens with zero attached hydrogens (tertiary/aromatic N) is 3. The predicted octanol–water partition coefficient (Wildman–Crippen LogP) is 4.27. The molecule has 34 heavy (non-hydrogen) atoms. The number of aryl methyl sites for hydroxylation is 2. The molecule has 4 rings (SSSR count). The van der Waals surface area contributed by atoms with Crippen molar-refractivity contribution in [3.63, 3.8) is 0 Å². The van der Waals surface area contributed by atoms with Gasteiger partial charge in [-0.05, 0) is 73.9 Å². The monoisotopic (exact) mass is 458 g/mol. The number of nitrogens with one attached hydrogen (secondary N) is 1. The number of hydrogen-bond acceptors (Lipinski definition) is 7. The van der Waals surface area contributed by atoms with E-state index >= 15 is 0 Å². The van der Waals surface area contributed by atoms with Crippen molar-refractivity contribution in [3.05, 3.63) is 71.3 Å². The maximum absolute atomic E-state index is 12.9. The lowest BCUT2D eigenvalue weighted by Gasteiger charge is -2.13. The largest absolute Gasteiger partial charge is 0.507 e. The van der Waals surface area contributed by atoms with Gasteiger partial charge < -0.3 is 15.3 Å². The normalized spacial score (nSPS) is 14.4. The number of amides is 1. The van der Waals surface area contributed by atoms with Crippen molar-refractivity contribution >= 4 is 34.7 Å². The molecular formula is C25H22N4O5. The van der Waals surface area contributed by atoms with E-state index in [1.165, 1.54) is 11.1 Å². The van der Waals surface area contributed by atoms with Crippen LogP contribution in [-0.4, -0.2) is 38.6 Å². The fraction of sp³-hybridized carbons (Fsp3) is 0.120. The number of phenolic OH excluding ortho intramolecular Hbond substituents is 1. The van der Waals surface area contributed by atoms with Gasteiger partial charge >= 0.3 is 11.9 Å². The van der Waals surface area contributed by atoms with Crippen LogP contribution in [0, 0.1) is 13.8 Å². The smallest absolute Gasteiger partial charge is 0.339 e. The number of carbonyl (C=O) groups is 2. The minimum atomic E-state index is -1.32. The number of rotatable bonds is 5. The average molecular weight is 458 g/mol. The van der Waals surface area contributed by atoms with E-state index in [0.29, 0.717) is 22.6 Å². The highest BCUT2D eigenvalue weighted by Gasteiger charge is 2.31. The first-order valence-electron chi connectivity index (χ1n) is 10.4. The molecule has 1 amide bonds. The van der Waals surface area contributed by atoms with Crippen LogP contribution >= 0.6 is 0 Å². The van der Waals surface area contributed by atoms with Crippen LogP contribution in [0.4, 0.5) is 11.4 Å². The second-order valence-corrected chi connectivity index (χ2v) is 7.88. The van der Waals surface area contributed by atoms with E-state index in [0.717, 1.165) is 17.2 Å². The van der Waals surface area contributed by atoms with Gasteiger partial charge in [0, 0.05) is 0 Å². The van der Waals surface area contributed by atoms with Gasteiger partial charge in [-0.1, -0.05) is 18.2 Å². The zero-order valence-electron chi connectivity index (χ0n) is 18.7. The third kappa shape index (κ3) is 4.06. The molecule has 0 fully saturated rings. The van der Waals surface area contributed by atoms with E-state index in [1.54, 1.807) is 31.2 Å². The van der Waals surface area contributed by atoms with Gasteiger partial charge in [0.2, 0.25) is 0 Å². The molecule has 0 bridgehead atoms. The highest BCUT2D eigenvalue weighted by molar-refractivity contribution is 6.71. The van der Waals surface area contributed by atoms with Crippen molar-refractivity contribution in [3.8, 4) is 22.6 Å². The lowest BCUT2D eigenvalue weighted by Crippen LogP contribution is -2.28. The lowest BCUT2D eigenvalue weighted by atomic mass is 9.99. The Hall–Kier alpha value is -4.66. The summed E-state index contributed by atoms with van der Waals surface area (Å²) in [4.78, 5) is 24.3. The summed E-state index contributed by atoms with van der Waals surface area (Å²) in [5.41, 5.74) is 6.64. The Morgan fingerprint density at radius 3 is 2.47 bits per heavy atom. The molecule has 9 nitrogen and oxygen atoms in total. The molecule has 9 heteroatoms. The Balaban J connectivity index is 1.61. The fourth-order valence-corrected chi connectivity index (χ4v) is 3.56. The van der Waals surface area contributed by atoms with Gasteiger partial charge in [0.05, 0.1) is 22.6 Å². The summed E-state index contributed by atoms with van der Waals surface area (Å²) in [7, 11) is 0. The second kappa shape index (κ2) is 8.70. The Labute approximate surface area is 195 Å². The molecule has 3 aromatic carbocycles. The number of hydrogen-bond donors (Lipinski definition) is 4. The zero-order chi connectivity index (χ0) is 24.6. The van der Waals surface area contributed by atoms with Crippen molar-refractivity contribution in [1.82, 2.24) is 0 Å². The van der Waals surface area contributed by atoms with E-state index in [-0.39, 0.29) is 28.5 Å². The van der Waals surface area contributed by atoms with Crippen molar-refractivity contribution in [2.24, 2.45) is 10.2 Å². The first-order valence-corrected chi connectivity index (χ1v) is 10.4. The van der Waals surface area contributed by atoms with Gasteiger partial charge in [-0.15, -0.1) is 0 Å². The molecule has 0 radical (unpaired) electrons. The summed E-state index contributed by atoms with van der Waals surface area (Å²) >= 11 is 0. The summed E-state index contributed by atoms with van der Waals surface area (Å²) in [6, 6.07) is 14.4. The number of carboxylic acid groups (broad SMARTS) is 1. The van der Waals surface area contributed by atoms with Crippen LogP contribution in [0.3, 0.4) is 0 Å². The van der Waals surface area contributed by atoms with Gasteiger partial charge in [0.1, 0.15) is 17.1 Å². The minimum absolute atomic E-state index is 0.0215. The summed E-state index contributed by atoms with van der Waals surface area (Å²) < 4.78 is 0. The quantitative estimate of drug-likeness (QED) is 0.422. The van der Waals surface area contributed by atoms with Crippen LogP contribution in [0.15, 0.2) is 64.8 Å². The molecule has 0 atom stereocenters. The van der Waals surface area contributed by atoms with E-state index in [2.05, 4.69) is 15.6 Å². The lowest BCUT2D eigenvalue weighted by molar-refractivity contribution is -0.112. The SMILES string of the molecule is CC1=NN(c2ccc(C)c(C)c2)C(=O)C1=NNc1cccc(-c2c(O)ccc(C(=O)O)c2O)c1. The second-order valence-electron chi connectivity index (χ2n) is 7.88. The fourth-order valence-electron chi connectivity index (χ4n) is 3.56. The molecule has 0 aromatic heterocycles. The van der Waals surface area contributed by atoms with E-state index < -0.39 is 11.7 Å². The maximum atomic E-state index is 12.9. The van der Waals surface area contributed by atoms with Crippen LogP contribution in [-0.2, 0) is 4.79 Å². The number of carboxylic acids is 1. The molecule has 1 heterocycles. The molecule has 3 aromatic rings. The Kier molecular flexibility index (Phi) is 5.77. The van der Waals surface area contributed by atoms with Crippen LogP contribution in [0.5, 0.6) is 11.5 Å². The molecule has 172 valence electrons. The van der Waals surface area contributed by atoms with Gasteiger partial charge in [0.15, 0.2) is 5.71 Å². The van der Waals surface area contributed by atoms with E-state index in [4.69, 9.17) is 0 Å². The topological polar surface area (TPSA) is 135 Å². The van der Waals surface area contributed by atoms with Crippen LogP contribution in [0.25, 0.3) is 11.1 Å². The van der Waals surface area contributed by atoms with Crippen LogP contribution in [0.1, 0.15) is 28.4 Å². The average Bonchev–Trinajstić information content (AvgIpc) is 3.07. The minimum Gasteiger partial charge on any atom is -0.507 e. The predicted molar refractivity (Wildman–Crippen MR) is 130 cm³/mol. The van der Waals surface area contributed by atoms with E-state index in [1.807, 2.05) is 32.0 Å². The number of phenols is 2. The summed E-state index contributed by atoms with van der Waals surface area (Å²) in [6.07, 6.45) is 0. The standard InChI is InChI=1S/C25H22N4O5/c1-13-7-8-18(11-14(13)2)29-24(32)22(15(3)28-29)27-26-17-6-4-5-16(12-17)21-20(30)10-9-19(23(21)31)25(33)34/h4-12,26,30-31H,1-3H3,(H,33,34). The molecule has 0 spiro atoms. The van der Waals surface area contributed by atoms with Gasteiger partial charge in [-0.25, -0.2) is 4.79 Å². The van der Waals surface area contributed by atoms with Gasteiger partial charge in [0.25, 0.3) is 0 Å². The van der Waals surface area contributed by atoms with Crippen LogP contribution in [0.2, 0.25) is 0 Å². The molecule has 0 saturated heterocycles. The summed E-state index contributed by atoms with van der Waals surface area (Å²) in [6.45, 7) is 5.63. The number of anilines is 2.